The molecule has 276 valence electrons. The van der Waals surface area contributed by atoms with E-state index in [1.54, 1.807) is 32.1 Å². The number of Topliss-reactive ketones (excluding diaryl/α,β-unsaturated/α-hetero) is 1. The zero-order chi connectivity index (χ0) is 37.2. The fourth-order valence-electron chi connectivity index (χ4n) is 10.3. The van der Waals surface area contributed by atoms with Gasteiger partial charge in [0.05, 0.1) is 18.2 Å². The number of hydrogen-bond donors (Lipinski definition) is 5. The number of nitrogens with two attached hydrogens (primary N) is 1. The number of hydrogen-bond acceptors (Lipinski definition) is 9. The molecule has 1 saturated heterocycles. The van der Waals surface area contributed by atoms with E-state index >= 15 is 0 Å². The van der Waals surface area contributed by atoms with Gasteiger partial charge in [-0.3, -0.25) is 19.2 Å². The number of rotatable bonds is 9. The van der Waals surface area contributed by atoms with Crippen LogP contribution in [0.25, 0.3) is 0 Å². The van der Waals surface area contributed by atoms with Gasteiger partial charge in [0.2, 0.25) is 11.8 Å². The molecule has 4 unspecified atom stereocenters. The second-order valence-electron chi connectivity index (χ2n) is 16.0. The van der Waals surface area contributed by atoms with Crippen LogP contribution in [0.2, 0.25) is 0 Å². The van der Waals surface area contributed by atoms with E-state index in [2.05, 4.69) is 17.6 Å². The highest BCUT2D eigenvalue weighted by Gasteiger charge is 2.75. The molecular weight excluding hydrogens is 662 g/mol. The van der Waals surface area contributed by atoms with Crippen molar-refractivity contribution in [2.75, 3.05) is 11.9 Å². The molecule has 1 heterocycles. The lowest BCUT2D eigenvalue weighted by Crippen LogP contribution is -2.63. The largest absolute Gasteiger partial charge is 0.393 e. The van der Waals surface area contributed by atoms with Crippen LogP contribution in [0.3, 0.4) is 0 Å². The minimum atomic E-state index is -1.41. The maximum absolute atomic E-state index is 13.9. The first kappa shape index (κ1) is 36.4. The van der Waals surface area contributed by atoms with E-state index in [4.69, 9.17) is 15.2 Å². The number of carbonyl (C=O) groups is 4. The van der Waals surface area contributed by atoms with Gasteiger partial charge in [-0.05, 0) is 93.2 Å². The Kier molecular flexibility index (Phi) is 9.40. The van der Waals surface area contributed by atoms with Gasteiger partial charge in [0, 0.05) is 28.0 Å². The van der Waals surface area contributed by atoms with Crippen LogP contribution in [-0.4, -0.2) is 70.1 Å². The SMILES string of the molecule is C[C@H](N)C(=O)N[C@@H](C)C(=O)Nc1cccc(Cc2ccc([C@@H]3O[C@@H]4C[C@H]5C6CCC7=CC(=O)C=CC7(C)[C@H]6C(O)CC5(C)[C@]4(C(=O)CO)O3)cc2)c1. The Morgan fingerprint density at radius 2 is 1.81 bits per heavy atom. The number of amides is 2. The Labute approximate surface area is 304 Å². The number of ether oxygens (including phenoxy) is 2. The zero-order valence-corrected chi connectivity index (χ0v) is 30.1. The number of ketones is 2. The van der Waals surface area contributed by atoms with Crippen LogP contribution >= 0.6 is 0 Å². The molecule has 5 aliphatic rings. The third-order valence-electron chi connectivity index (χ3n) is 12.8. The number of nitrogens with one attached hydrogen (secondary N) is 2. The predicted octanol–water partition coefficient (Wildman–Crippen LogP) is 3.67. The van der Waals surface area contributed by atoms with Crippen molar-refractivity contribution < 1.29 is 38.9 Å². The lowest BCUT2D eigenvalue weighted by Gasteiger charge is -2.59. The summed E-state index contributed by atoms with van der Waals surface area (Å²) in [5, 5.41) is 27.6. The maximum Gasteiger partial charge on any atom is 0.246 e. The Hall–Kier alpha value is -4.00. The van der Waals surface area contributed by atoms with Crippen LogP contribution in [0.1, 0.15) is 76.4 Å². The standard InChI is InChI=1S/C41H49N3O8/c1-22(42)36(49)43-23(2)37(50)44-28-7-5-6-25(17-28)16-24-8-10-26(11-9-24)38-51-34-19-31-30-13-12-27-18-29(46)14-15-39(27,3)35(30)32(47)20-40(31,4)41(34,52-38)33(48)21-45/h5-11,14-15,17-18,22-23,30-32,34-35,38,45,47H,12-13,16,19-21,42H2,1-4H3,(H,43,49)(H,44,50)/t22-,23-,30?,31-,32?,34+,35+,38+,39?,40?,41+/m0/s1. The van der Waals surface area contributed by atoms with Crippen LogP contribution in [0, 0.1) is 28.6 Å². The molecule has 6 N–H and O–H groups in total. The second-order valence-corrected chi connectivity index (χ2v) is 16.0. The summed E-state index contributed by atoms with van der Waals surface area (Å²) in [4.78, 5) is 50.6. The maximum atomic E-state index is 13.9. The van der Waals surface area contributed by atoms with Gasteiger partial charge < -0.3 is 36.1 Å². The molecule has 4 aliphatic carbocycles. The van der Waals surface area contributed by atoms with Crippen LogP contribution < -0.4 is 16.4 Å². The fraction of sp³-hybridized carbons (Fsp3) is 0.512. The molecule has 52 heavy (non-hydrogen) atoms. The molecule has 4 fully saturated rings. The van der Waals surface area contributed by atoms with Gasteiger partial charge in [0.1, 0.15) is 12.6 Å². The summed E-state index contributed by atoms with van der Waals surface area (Å²) in [6.07, 6.45) is 6.19. The highest BCUT2D eigenvalue weighted by molar-refractivity contribution is 6.01. The molecule has 1 aliphatic heterocycles. The molecule has 11 nitrogen and oxygen atoms in total. The van der Waals surface area contributed by atoms with Gasteiger partial charge in [0.15, 0.2) is 23.5 Å². The first-order valence-electron chi connectivity index (χ1n) is 18.3. The molecule has 2 amide bonds. The summed E-state index contributed by atoms with van der Waals surface area (Å²) in [6.45, 7) is 6.61. The van der Waals surface area contributed by atoms with E-state index in [1.807, 2.05) is 55.5 Å². The number of benzene rings is 2. The smallest absolute Gasteiger partial charge is 0.246 e. The normalized spacial score (nSPS) is 35.7. The molecule has 0 radical (unpaired) electrons. The van der Waals surface area contributed by atoms with Gasteiger partial charge >= 0.3 is 0 Å². The summed E-state index contributed by atoms with van der Waals surface area (Å²) >= 11 is 0. The van der Waals surface area contributed by atoms with E-state index in [1.165, 1.54) is 0 Å². The summed E-state index contributed by atoms with van der Waals surface area (Å²) in [6, 6.07) is 13.8. The Morgan fingerprint density at radius 1 is 1.06 bits per heavy atom. The lowest BCUT2D eigenvalue weighted by atomic mass is 9.46. The Balaban J connectivity index is 1.06. The minimum absolute atomic E-state index is 0.0165. The average molecular weight is 712 g/mol. The summed E-state index contributed by atoms with van der Waals surface area (Å²) in [5.74, 6) is -1.19. The second kappa shape index (κ2) is 13.4. The topological polar surface area (TPSA) is 177 Å². The van der Waals surface area contributed by atoms with Gasteiger partial charge in [0.25, 0.3) is 0 Å². The molecule has 0 bridgehead atoms. The van der Waals surface area contributed by atoms with Crippen LogP contribution in [0.15, 0.2) is 72.3 Å². The summed E-state index contributed by atoms with van der Waals surface area (Å²) < 4.78 is 13.3. The molecule has 11 atom stereocenters. The van der Waals surface area contributed by atoms with Crippen molar-refractivity contribution in [3.05, 3.63) is 89.0 Å². The Morgan fingerprint density at radius 3 is 2.52 bits per heavy atom. The first-order chi connectivity index (χ1) is 24.7. The molecule has 11 heteroatoms. The van der Waals surface area contributed by atoms with Crippen molar-refractivity contribution in [2.24, 2.45) is 34.3 Å². The quantitative estimate of drug-likeness (QED) is 0.260. The van der Waals surface area contributed by atoms with Gasteiger partial charge in [-0.2, -0.15) is 0 Å². The van der Waals surface area contributed by atoms with Crippen LogP contribution in [0.4, 0.5) is 5.69 Å². The number of allylic oxidation sites excluding steroid dienone is 4. The molecule has 2 aromatic carbocycles. The van der Waals surface area contributed by atoms with E-state index in [0.717, 1.165) is 35.1 Å². The molecule has 0 aromatic heterocycles. The van der Waals surface area contributed by atoms with E-state index < -0.39 is 65.3 Å². The highest BCUT2D eigenvalue weighted by Crippen LogP contribution is 2.70. The third kappa shape index (κ3) is 5.87. The van der Waals surface area contributed by atoms with Gasteiger partial charge in [-0.15, -0.1) is 0 Å². The fourth-order valence-corrected chi connectivity index (χ4v) is 10.3. The molecule has 2 aromatic rings. The van der Waals surface area contributed by atoms with Crippen molar-refractivity contribution in [1.82, 2.24) is 5.32 Å². The molecule has 3 saturated carbocycles. The first-order valence-corrected chi connectivity index (χ1v) is 18.3. The Bertz CT molecular complexity index is 1840. The van der Waals surface area contributed by atoms with Crippen molar-refractivity contribution in [1.29, 1.82) is 0 Å². The lowest BCUT2D eigenvalue weighted by molar-refractivity contribution is -0.201. The highest BCUT2D eigenvalue weighted by atomic mass is 16.7. The minimum Gasteiger partial charge on any atom is -0.393 e. The average Bonchev–Trinajstić information content (AvgIpc) is 3.61. The number of aliphatic hydroxyl groups is 2. The zero-order valence-electron chi connectivity index (χ0n) is 30.1. The molecule has 0 spiro atoms. The molecule has 7 rings (SSSR count). The van der Waals surface area contributed by atoms with Crippen molar-refractivity contribution in [3.63, 3.8) is 0 Å². The molecular formula is C41H49N3O8. The van der Waals surface area contributed by atoms with Crippen molar-refractivity contribution >= 4 is 29.1 Å². The van der Waals surface area contributed by atoms with Crippen LogP contribution in [-0.2, 0) is 35.1 Å². The van der Waals surface area contributed by atoms with E-state index in [-0.39, 0.29) is 29.4 Å². The predicted molar refractivity (Wildman–Crippen MR) is 192 cm³/mol. The van der Waals surface area contributed by atoms with E-state index in [0.29, 0.717) is 24.9 Å². The number of aliphatic hydroxyl groups excluding tert-OH is 2. The van der Waals surface area contributed by atoms with Gasteiger partial charge in [-0.1, -0.05) is 61.9 Å². The van der Waals surface area contributed by atoms with Crippen molar-refractivity contribution in [2.45, 2.75) is 96.0 Å². The number of fused-ring (bicyclic) bond motifs is 7. The van der Waals surface area contributed by atoms with E-state index in [9.17, 15) is 29.4 Å². The van der Waals surface area contributed by atoms with Crippen LogP contribution in [0.5, 0.6) is 0 Å². The number of anilines is 1. The third-order valence-corrected chi connectivity index (χ3v) is 12.8. The monoisotopic (exact) mass is 711 g/mol. The number of carbonyl (C=O) groups excluding carboxylic acids is 4. The summed E-state index contributed by atoms with van der Waals surface area (Å²) in [7, 11) is 0. The summed E-state index contributed by atoms with van der Waals surface area (Å²) in [5.41, 5.74) is 7.37. The van der Waals surface area contributed by atoms with Crippen molar-refractivity contribution in [3.8, 4) is 0 Å². The van der Waals surface area contributed by atoms with Gasteiger partial charge in [-0.25, -0.2) is 0 Å².